The van der Waals surface area contributed by atoms with Crippen molar-refractivity contribution in [2.75, 3.05) is 7.11 Å². The first-order valence-electron chi connectivity index (χ1n) is 4.09. The molecule has 0 spiro atoms. The minimum Gasteiger partial charge on any atom is -0.497 e. The molecule has 1 amide bonds. The smallest absolute Gasteiger partial charge is 0.257 e. The molecule has 0 heterocycles. The fourth-order valence-corrected chi connectivity index (χ4v) is 0.935. The number of nitrogens with one attached hydrogen (secondary N) is 1. The number of hydrazine groups is 1. The van der Waals surface area contributed by atoms with Gasteiger partial charge in [-0.15, -0.1) is 12.4 Å². The van der Waals surface area contributed by atoms with Gasteiger partial charge >= 0.3 is 0 Å². The van der Waals surface area contributed by atoms with E-state index in [-0.39, 0.29) is 18.3 Å². The minimum absolute atomic E-state index is 0. The Kier molecular flexibility index (Phi) is 6.17. The number of ether oxygens (including phenoxy) is 1. The summed E-state index contributed by atoms with van der Waals surface area (Å²) in [6, 6.07) is 7.33. The predicted octanol–water partition coefficient (Wildman–Crippen LogP) is 1.12. The minimum atomic E-state index is -0.333. The quantitative estimate of drug-likeness (QED) is 0.353. The highest BCUT2D eigenvalue weighted by atomic mass is 35.5. The fourth-order valence-electron chi connectivity index (χ4n) is 0.935. The second-order valence-corrected chi connectivity index (χ2v) is 2.62. The van der Waals surface area contributed by atoms with E-state index in [0.717, 1.165) is 11.3 Å². The first kappa shape index (κ1) is 13.5. The van der Waals surface area contributed by atoms with E-state index < -0.39 is 0 Å². The zero-order chi connectivity index (χ0) is 10.4. The molecule has 0 bridgehead atoms. The van der Waals surface area contributed by atoms with E-state index >= 15 is 0 Å². The Morgan fingerprint density at radius 1 is 1.40 bits per heavy atom. The number of amides is 1. The molecule has 4 nitrogen and oxygen atoms in total. The van der Waals surface area contributed by atoms with Gasteiger partial charge in [0, 0.05) is 6.08 Å². The number of nitrogens with two attached hydrogens (primary N) is 1. The summed E-state index contributed by atoms with van der Waals surface area (Å²) in [5, 5.41) is 0. The Hall–Kier alpha value is -1.52. The molecule has 0 aliphatic rings. The van der Waals surface area contributed by atoms with Gasteiger partial charge in [0.05, 0.1) is 7.11 Å². The predicted molar refractivity (Wildman–Crippen MR) is 61.6 cm³/mol. The van der Waals surface area contributed by atoms with Crippen molar-refractivity contribution in [2.45, 2.75) is 0 Å². The van der Waals surface area contributed by atoms with Crippen LogP contribution in [0.15, 0.2) is 30.3 Å². The van der Waals surface area contributed by atoms with Gasteiger partial charge < -0.3 is 4.74 Å². The van der Waals surface area contributed by atoms with Crippen LogP contribution >= 0.6 is 12.4 Å². The van der Waals surface area contributed by atoms with Crippen molar-refractivity contribution >= 4 is 24.4 Å². The molecule has 5 heteroatoms. The number of hydrogen-bond acceptors (Lipinski definition) is 3. The standard InChI is InChI=1S/C10H12N2O2.ClH/c1-14-9-5-2-8(3-6-9)4-7-10(13)12-11;/h2-7H,11H2,1H3,(H,12,13);1H/b7-4+;. The molecule has 0 aromatic heterocycles. The van der Waals surface area contributed by atoms with Crippen molar-refractivity contribution in [3.8, 4) is 5.75 Å². The van der Waals surface area contributed by atoms with Crippen LogP contribution in [0, 0.1) is 0 Å². The Morgan fingerprint density at radius 3 is 2.47 bits per heavy atom. The second kappa shape index (κ2) is 6.86. The normalized spacial score (nSPS) is 9.47. The lowest BCUT2D eigenvalue weighted by Crippen LogP contribution is -2.27. The molecular weight excluding hydrogens is 216 g/mol. The average Bonchev–Trinajstić information content (AvgIpc) is 2.26. The highest BCUT2D eigenvalue weighted by molar-refractivity contribution is 5.91. The van der Waals surface area contributed by atoms with Gasteiger partial charge in [-0.05, 0) is 23.8 Å². The molecule has 0 saturated heterocycles. The molecule has 15 heavy (non-hydrogen) atoms. The first-order chi connectivity index (χ1) is 6.76. The van der Waals surface area contributed by atoms with Crippen LogP contribution in [0.25, 0.3) is 6.08 Å². The van der Waals surface area contributed by atoms with Crippen LogP contribution in [0.3, 0.4) is 0 Å². The van der Waals surface area contributed by atoms with Crippen LogP contribution in [0.5, 0.6) is 5.75 Å². The lowest BCUT2D eigenvalue weighted by atomic mass is 10.2. The highest BCUT2D eigenvalue weighted by Gasteiger charge is 1.91. The molecule has 0 radical (unpaired) electrons. The van der Waals surface area contributed by atoms with E-state index in [1.165, 1.54) is 6.08 Å². The molecule has 0 aliphatic heterocycles. The van der Waals surface area contributed by atoms with Gasteiger partial charge in [-0.2, -0.15) is 0 Å². The molecule has 1 aromatic rings. The maximum Gasteiger partial charge on any atom is 0.257 e. The number of rotatable bonds is 3. The number of carbonyl (C=O) groups excluding carboxylic acids is 1. The summed E-state index contributed by atoms with van der Waals surface area (Å²) in [6.45, 7) is 0. The van der Waals surface area contributed by atoms with Gasteiger partial charge in [-0.3, -0.25) is 10.2 Å². The van der Waals surface area contributed by atoms with Crippen LogP contribution in [0.1, 0.15) is 5.56 Å². The molecule has 82 valence electrons. The Bertz CT molecular complexity index is 336. The van der Waals surface area contributed by atoms with E-state index in [2.05, 4.69) is 0 Å². The maximum atomic E-state index is 10.8. The lowest BCUT2D eigenvalue weighted by molar-refractivity contribution is -0.116. The Morgan fingerprint density at radius 2 is 2.00 bits per heavy atom. The monoisotopic (exact) mass is 228 g/mol. The van der Waals surface area contributed by atoms with Crippen LogP contribution in [-0.2, 0) is 4.79 Å². The van der Waals surface area contributed by atoms with Crippen LogP contribution < -0.4 is 16.0 Å². The number of carbonyl (C=O) groups is 1. The van der Waals surface area contributed by atoms with Crippen LogP contribution in [0.4, 0.5) is 0 Å². The van der Waals surface area contributed by atoms with E-state index in [0.29, 0.717) is 0 Å². The third-order valence-electron chi connectivity index (χ3n) is 1.69. The molecule has 0 saturated carbocycles. The van der Waals surface area contributed by atoms with Gasteiger partial charge in [0.2, 0.25) is 0 Å². The summed E-state index contributed by atoms with van der Waals surface area (Å²) in [4.78, 5) is 10.8. The summed E-state index contributed by atoms with van der Waals surface area (Å²) in [5.74, 6) is 5.36. The van der Waals surface area contributed by atoms with Crippen molar-refractivity contribution in [3.63, 3.8) is 0 Å². The SMILES string of the molecule is COc1ccc(/C=C/C(=O)NN)cc1.Cl. The third-order valence-corrected chi connectivity index (χ3v) is 1.69. The third kappa shape index (κ3) is 4.49. The largest absolute Gasteiger partial charge is 0.497 e. The molecule has 1 aromatic carbocycles. The van der Waals surface area contributed by atoms with Crippen LogP contribution in [-0.4, -0.2) is 13.0 Å². The van der Waals surface area contributed by atoms with Gasteiger partial charge in [0.15, 0.2) is 0 Å². The zero-order valence-corrected chi connectivity index (χ0v) is 9.08. The molecule has 1 rings (SSSR count). The van der Waals surface area contributed by atoms with E-state index in [1.54, 1.807) is 13.2 Å². The van der Waals surface area contributed by atoms with E-state index in [4.69, 9.17) is 10.6 Å². The Balaban J connectivity index is 0.00000196. The molecule has 0 unspecified atom stereocenters. The first-order valence-corrected chi connectivity index (χ1v) is 4.09. The molecule has 0 atom stereocenters. The highest BCUT2D eigenvalue weighted by Crippen LogP contribution is 2.11. The average molecular weight is 229 g/mol. The summed E-state index contributed by atoms with van der Waals surface area (Å²) < 4.78 is 4.99. The summed E-state index contributed by atoms with van der Waals surface area (Å²) >= 11 is 0. The van der Waals surface area contributed by atoms with Crippen molar-refractivity contribution in [2.24, 2.45) is 5.84 Å². The molecule has 0 fully saturated rings. The Labute approximate surface area is 94.5 Å². The van der Waals surface area contributed by atoms with Crippen LogP contribution in [0.2, 0.25) is 0 Å². The topological polar surface area (TPSA) is 64.3 Å². The fraction of sp³-hybridized carbons (Fsp3) is 0.100. The van der Waals surface area contributed by atoms with Gasteiger partial charge in [-0.25, -0.2) is 5.84 Å². The van der Waals surface area contributed by atoms with Crippen molar-refractivity contribution in [1.29, 1.82) is 0 Å². The van der Waals surface area contributed by atoms with Crippen molar-refractivity contribution in [1.82, 2.24) is 5.43 Å². The van der Waals surface area contributed by atoms with E-state index in [9.17, 15) is 4.79 Å². The van der Waals surface area contributed by atoms with Crippen molar-refractivity contribution < 1.29 is 9.53 Å². The summed E-state index contributed by atoms with van der Waals surface area (Å²) in [7, 11) is 1.60. The number of methoxy groups -OCH3 is 1. The van der Waals surface area contributed by atoms with Gasteiger partial charge in [0.1, 0.15) is 5.75 Å². The molecule has 3 N–H and O–H groups in total. The van der Waals surface area contributed by atoms with Gasteiger partial charge in [-0.1, -0.05) is 12.1 Å². The number of halogens is 1. The lowest BCUT2D eigenvalue weighted by Gasteiger charge is -1.98. The van der Waals surface area contributed by atoms with E-state index in [1.807, 2.05) is 29.7 Å². The zero-order valence-electron chi connectivity index (χ0n) is 8.27. The number of hydrogen-bond donors (Lipinski definition) is 2. The molecular formula is C10H13ClN2O2. The van der Waals surface area contributed by atoms with Crippen molar-refractivity contribution in [3.05, 3.63) is 35.9 Å². The summed E-state index contributed by atoms with van der Waals surface area (Å²) in [5.41, 5.74) is 2.92. The van der Waals surface area contributed by atoms with Gasteiger partial charge in [0.25, 0.3) is 5.91 Å². The second-order valence-electron chi connectivity index (χ2n) is 2.62. The summed E-state index contributed by atoms with van der Waals surface area (Å²) in [6.07, 6.45) is 3.03. The maximum absolute atomic E-state index is 10.8. The number of benzene rings is 1. The molecule has 0 aliphatic carbocycles.